The average Bonchev–Trinajstić information content (AvgIpc) is 2.80. The Hall–Kier alpha value is -2.97. The number of hydrogen-bond donors (Lipinski definition) is 1. The normalized spacial score (nSPS) is 17.5. The summed E-state index contributed by atoms with van der Waals surface area (Å²) < 4.78 is 11.0. The molecule has 0 spiro atoms. The van der Waals surface area contributed by atoms with Crippen molar-refractivity contribution in [2.45, 2.75) is 0 Å². The Morgan fingerprint density at radius 3 is 1.93 bits per heavy atom. The fourth-order valence-corrected chi connectivity index (χ4v) is 3.67. The van der Waals surface area contributed by atoms with Gasteiger partial charge in [-0.3, -0.25) is 0 Å². The number of fused-ring (bicyclic) bond motifs is 1. The second-order valence-corrected chi connectivity index (χ2v) is 7.11. The number of anilines is 4. The van der Waals surface area contributed by atoms with Crippen LogP contribution in [0.4, 0.5) is 23.5 Å². The van der Waals surface area contributed by atoms with Gasteiger partial charge in [-0.1, -0.05) is 36.4 Å². The van der Waals surface area contributed by atoms with E-state index in [0.29, 0.717) is 44.3 Å². The molecule has 150 valence electrons. The van der Waals surface area contributed by atoms with Gasteiger partial charge in [0.05, 0.1) is 26.4 Å². The summed E-state index contributed by atoms with van der Waals surface area (Å²) in [4.78, 5) is 18.5. The van der Waals surface area contributed by atoms with Gasteiger partial charge in [-0.25, -0.2) is 0 Å². The summed E-state index contributed by atoms with van der Waals surface area (Å²) >= 11 is 0. The van der Waals surface area contributed by atoms with Crippen LogP contribution in [0.15, 0.2) is 42.5 Å². The summed E-state index contributed by atoms with van der Waals surface area (Å²) in [6, 6.07) is 14.5. The van der Waals surface area contributed by atoms with Crippen LogP contribution in [0, 0.1) is 0 Å². The SMILES string of the molecule is c1ccc2c(Nc3nc(N4CCOCC4)nc(N4CCOCC4)n3)cccc2c1. The molecule has 2 aliphatic rings. The molecule has 0 radical (unpaired) electrons. The number of hydrogen-bond acceptors (Lipinski definition) is 8. The summed E-state index contributed by atoms with van der Waals surface area (Å²) in [5.41, 5.74) is 0.982. The summed E-state index contributed by atoms with van der Waals surface area (Å²) in [6.45, 7) is 5.85. The molecule has 3 heterocycles. The molecule has 8 heteroatoms. The van der Waals surface area contributed by atoms with Gasteiger partial charge in [-0.15, -0.1) is 0 Å². The highest BCUT2D eigenvalue weighted by Crippen LogP contribution is 2.27. The van der Waals surface area contributed by atoms with E-state index in [1.54, 1.807) is 0 Å². The van der Waals surface area contributed by atoms with Crippen LogP contribution in [0.5, 0.6) is 0 Å². The van der Waals surface area contributed by atoms with Gasteiger partial charge in [0.15, 0.2) is 0 Å². The fraction of sp³-hybridized carbons (Fsp3) is 0.381. The van der Waals surface area contributed by atoms with Crippen molar-refractivity contribution < 1.29 is 9.47 Å². The third kappa shape index (κ3) is 3.94. The molecule has 2 aliphatic heterocycles. The molecule has 0 saturated carbocycles. The summed E-state index contributed by atoms with van der Waals surface area (Å²) in [7, 11) is 0. The van der Waals surface area contributed by atoms with Crippen LogP contribution in [0.3, 0.4) is 0 Å². The van der Waals surface area contributed by atoms with Crippen LogP contribution >= 0.6 is 0 Å². The third-order valence-corrected chi connectivity index (χ3v) is 5.24. The Morgan fingerprint density at radius 1 is 0.690 bits per heavy atom. The quantitative estimate of drug-likeness (QED) is 0.726. The van der Waals surface area contributed by atoms with E-state index in [9.17, 15) is 0 Å². The molecule has 5 rings (SSSR count). The van der Waals surface area contributed by atoms with Crippen molar-refractivity contribution in [1.82, 2.24) is 15.0 Å². The Labute approximate surface area is 169 Å². The Bertz CT molecular complexity index is 944. The van der Waals surface area contributed by atoms with E-state index < -0.39 is 0 Å². The van der Waals surface area contributed by atoms with Crippen molar-refractivity contribution in [1.29, 1.82) is 0 Å². The first-order chi connectivity index (χ1) is 14.4. The second kappa shape index (κ2) is 8.18. The van der Waals surface area contributed by atoms with E-state index in [0.717, 1.165) is 37.3 Å². The maximum absolute atomic E-state index is 5.49. The van der Waals surface area contributed by atoms with E-state index in [4.69, 9.17) is 24.4 Å². The molecule has 2 fully saturated rings. The van der Waals surface area contributed by atoms with Crippen LogP contribution in [0.25, 0.3) is 10.8 Å². The van der Waals surface area contributed by atoms with Crippen molar-refractivity contribution in [2.75, 3.05) is 67.7 Å². The lowest BCUT2D eigenvalue weighted by Crippen LogP contribution is -2.40. The Morgan fingerprint density at radius 2 is 1.28 bits per heavy atom. The van der Waals surface area contributed by atoms with Crippen LogP contribution in [0.2, 0.25) is 0 Å². The number of benzene rings is 2. The third-order valence-electron chi connectivity index (χ3n) is 5.24. The number of morpholine rings is 2. The zero-order valence-corrected chi connectivity index (χ0v) is 16.3. The van der Waals surface area contributed by atoms with Crippen LogP contribution in [0.1, 0.15) is 0 Å². The molecular formula is C21H24N6O2. The van der Waals surface area contributed by atoms with Gasteiger partial charge in [0.1, 0.15) is 0 Å². The minimum Gasteiger partial charge on any atom is -0.378 e. The van der Waals surface area contributed by atoms with Gasteiger partial charge >= 0.3 is 0 Å². The van der Waals surface area contributed by atoms with E-state index in [1.165, 1.54) is 5.39 Å². The lowest BCUT2D eigenvalue weighted by molar-refractivity contribution is 0.121. The summed E-state index contributed by atoms with van der Waals surface area (Å²) in [5, 5.41) is 5.74. The smallest absolute Gasteiger partial charge is 0.233 e. The lowest BCUT2D eigenvalue weighted by atomic mass is 10.1. The van der Waals surface area contributed by atoms with E-state index in [-0.39, 0.29) is 0 Å². The molecule has 3 aromatic rings. The molecular weight excluding hydrogens is 368 g/mol. The largest absolute Gasteiger partial charge is 0.378 e. The minimum atomic E-state index is 0.555. The molecule has 2 saturated heterocycles. The molecule has 0 amide bonds. The van der Waals surface area contributed by atoms with E-state index >= 15 is 0 Å². The Balaban J connectivity index is 1.51. The summed E-state index contributed by atoms with van der Waals surface area (Å²) in [6.07, 6.45) is 0. The molecule has 0 unspecified atom stereocenters. The standard InChI is InChI=1S/C21H24N6O2/c1-2-6-17-16(4-1)5-3-7-18(17)22-19-23-20(26-8-12-28-13-9-26)25-21(24-19)27-10-14-29-15-11-27/h1-7H,8-15H2,(H,22,23,24,25). The molecule has 0 aliphatic carbocycles. The molecule has 1 N–H and O–H groups in total. The van der Waals surface area contributed by atoms with Crippen LogP contribution in [-0.4, -0.2) is 67.6 Å². The minimum absolute atomic E-state index is 0.555. The maximum Gasteiger partial charge on any atom is 0.233 e. The predicted molar refractivity (Wildman–Crippen MR) is 113 cm³/mol. The number of aromatic nitrogens is 3. The average molecular weight is 392 g/mol. The molecule has 8 nitrogen and oxygen atoms in total. The monoisotopic (exact) mass is 392 g/mol. The van der Waals surface area contributed by atoms with Gasteiger partial charge in [0.2, 0.25) is 17.8 Å². The van der Waals surface area contributed by atoms with Gasteiger partial charge < -0.3 is 24.6 Å². The molecule has 0 atom stereocenters. The second-order valence-electron chi connectivity index (χ2n) is 7.11. The molecule has 2 aromatic carbocycles. The summed E-state index contributed by atoms with van der Waals surface area (Å²) in [5.74, 6) is 1.93. The van der Waals surface area contributed by atoms with E-state index in [2.05, 4.69) is 39.4 Å². The topological polar surface area (TPSA) is 75.6 Å². The first-order valence-electron chi connectivity index (χ1n) is 10.0. The first-order valence-corrected chi connectivity index (χ1v) is 10.0. The maximum atomic E-state index is 5.49. The van der Waals surface area contributed by atoms with Crippen molar-refractivity contribution in [3.8, 4) is 0 Å². The van der Waals surface area contributed by atoms with Gasteiger partial charge in [-0.2, -0.15) is 15.0 Å². The zero-order chi connectivity index (χ0) is 19.5. The number of ether oxygens (including phenoxy) is 2. The van der Waals surface area contributed by atoms with Crippen molar-refractivity contribution in [2.24, 2.45) is 0 Å². The Kier molecular flexibility index (Phi) is 5.10. The van der Waals surface area contributed by atoms with Crippen molar-refractivity contribution in [3.63, 3.8) is 0 Å². The highest BCUT2D eigenvalue weighted by molar-refractivity contribution is 5.94. The van der Waals surface area contributed by atoms with Gasteiger partial charge in [-0.05, 0) is 11.5 Å². The molecule has 29 heavy (non-hydrogen) atoms. The van der Waals surface area contributed by atoms with Gasteiger partial charge in [0.25, 0.3) is 0 Å². The molecule has 1 aromatic heterocycles. The number of rotatable bonds is 4. The highest BCUT2D eigenvalue weighted by Gasteiger charge is 2.21. The van der Waals surface area contributed by atoms with Crippen LogP contribution in [-0.2, 0) is 9.47 Å². The van der Waals surface area contributed by atoms with Gasteiger partial charge in [0, 0.05) is 37.3 Å². The predicted octanol–water partition coefficient (Wildman–Crippen LogP) is 2.44. The fourth-order valence-electron chi connectivity index (χ4n) is 3.67. The molecule has 0 bridgehead atoms. The number of nitrogens with zero attached hydrogens (tertiary/aromatic N) is 5. The zero-order valence-electron chi connectivity index (χ0n) is 16.3. The van der Waals surface area contributed by atoms with E-state index in [1.807, 2.05) is 18.2 Å². The van der Waals surface area contributed by atoms with Crippen molar-refractivity contribution >= 4 is 34.3 Å². The first kappa shape index (κ1) is 18.1. The van der Waals surface area contributed by atoms with Crippen molar-refractivity contribution in [3.05, 3.63) is 42.5 Å². The number of nitrogens with one attached hydrogen (secondary N) is 1. The highest BCUT2D eigenvalue weighted by atomic mass is 16.5. The van der Waals surface area contributed by atoms with Crippen LogP contribution < -0.4 is 15.1 Å². The lowest BCUT2D eigenvalue weighted by Gasteiger charge is -2.30.